The quantitative estimate of drug-likeness (QED) is 0.599. The summed E-state index contributed by atoms with van der Waals surface area (Å²) in [5.41, 5.74) is -1.06. The number of aliphatic carboxylic acids is 1. The van der Waals surface area contributed by atoms with Gasteiger partial charge >= 0.3 is 5.97 Å². The first kappa shape index (κ1) is 15.4. The van der Waals surface area contributed by atoms with Crippen molar-refractivity contribution in [2.45, 2.75) is 12.2 Å². The molecule has 0 fully saturated rings. The highest BCUT2D eigenvalue weighted by atomic mass is 32.2. The lowest BCUT2D eigenvalue weighted by Crippen LogP contribution is -2.32. The lowest BCUT2D eigenvalue weighted by molar-refractivity contribution is -0.383. The number of carboxylic acids is 1. The Labute approximate surface area is 113 Å². The van der Waals surface area contributed by atoms with Crippen LogP contribution in [0.1, 0.15) is 12.5 Å². The van der Waals surface area contributed by atoms with Gasteiger partial charge in [-0.05, 0) is 19.1 Å². The van der Waals surface area contributed by atoms with E-state index in [4.69, 9.17) is 10.4 Å². The van der Waals surface area contributed by atoms with Gasteiger partial charge in [-0.25, -0.2) is 8.42 Å². The van der Waals surface area contributed by atoms with E-state index in [9.17, 15) is 23.3 Å². The van der Waals surface area contributed by atoms with Crippen molar-refractivity contribution in [3.8, 4) is 6.07 Å². The van der Waals surface area contributed by atoms with Gasteiger partial charge in [0.2, 0.25) is 10.0 Å². The summed E-state index contributed by atoms with van der Waals surface area (Å²) in [5.74, 6) is -1.59. The van der Waals surface area contributed by atoms with E-state index in [0.717, 1.165) is 19.1 Å². The SMILES string of the molecule is CC(C(=O)O)S(=O)(=O)Nc1ccc(C#N)cc1[N+](=O)[O-]. The molecule has 20 heavy (non-hydrogen) atoms. The average Bonchev–Trinajstić information content (AvgIpc) is 2.37. The van der Waals surface area contributed by atoms with Crippen molar-refractivity contribution in [3.63, 3.8) is 0 Å². The first-order valence-electron chi connectivity index (χ1n) is 5.12. The fraction of sp³-hybridized carbons (Fsp3) is 0.200. The standard InChI is InChI=1S/C10H9N3O6S/c1-6(10(14)15)20(18,19)12-8-3-2-7(5-11)4-9(8)13(16)17/h2-4,6,12H,1H3,(H,14,15). The summed E-state index contributed by atoms with van der Waals surface area (Å²) in [5, 5.41) is 26.3. The first-order valence-corrected chi connectivity index (χ1v) is 6.66. The van der Waals surface area contributed by atoms with Gasteiger partial charge in [0.05, 0.1) is 16.6 Å². The molecule has 10 heteroatoms. The molecule has 1 atom stereocenters. The molecule has 0 aliphatic carbocycles. The molecule has 1 unspecified atom stereocenters. The van der Waals surface area contributed by atoms with Crippen LogP contribution in [0.25, 0.3) is 0 Å². The normalized spacial score (nSPS) is 12.2. The van der Waals surface area contributed by atoms with Crippen LogP contribution in [0.15, 0.2) is 18.2 Å². The highest BCUT2D eigenvalue weighted by Crippen LogP contribution is 2.27. The monoisotopic (exact) mass is 299 g/mol. The first-order chi connectivity index (χ1) is 9.19. The van der Waals surface area contributed by atoms with E-state index in [1.807, 2.05) is 4.72 Å². The molecule has 0 spiro atoms. The molecule has 106 valence electrons. The molecule has 9 nitrogen and oxygen atoms in total. The number of benzene rings is 1. The number of nitriles is 1. The number of nitro groups is 1. The van der Waals surface area contributed by atoms with E-state index in [1.165, 1.54) is 6.07 Å². The summed E-state index contributed by atoms with van der Waals surface area (Å²) in [4.78, 5) is 20.6. The molecule has 2 N–H and O–H groups in total. The fourth-order valence-corrected chi connectivity index (χ4v) is 2.13. The van der Waals surface area contributed by atoms with Crippen LogP contribution in [-0.2, 0) is 14.8 Å². The summed E-state index contributed by atoms with van der Waals surface area (Å²) in [6, 6.07) is 4.78. The molecule has 0 amide bonds. The molecule has 0 radical (unpaired) electrons. The zero-order chi connectivity index (χ0) is 15.5. The Balaban J connectivity index is 3.26. The van der Waals surface area contributed by atoms with Crippen molar-refractivity contribution in [2.75, 3.05) is 4.72 Å². The van der Waals surface area contributed by atoms with Crippen LogP contribution in [0.4, 0.5) is 11.4 Å². The van der Waals surface area contributed by atoms with E-state index >= 15 is 0 Å². The summed E-state index contributed by atoms with van der Waals surface area (Å²) < 4.78 is 25.2. The number of nitro benzene ring substituents is 1. The highest BCUT2D eigenvalue weighted by Gasteiger charge is 2.29. The van der Waals surface area contributed by atoms with Gasteiger partial charge in [-0.3, -0.25) is 19.6 Å². The summed E-state index contributed by atoms with van der Waals surface area (Å²) in [6.45, 7) is 0.931. The minimum atomic E-state index is -4.33. The summed E-state index contributed by atoms with van der Waals surface area (Å²) >= 11 is 0. The molecule has 0 saturated heterocycles. The number of rotatable bonds is 5. The van der Waals surface area contributed by atoms with Gasteiger partial charge in [-0.2, -0.15) is 5.26 Å². The van der Waals surface area contributed by atoms with Gasteiger partial charge in [-0.15, -0.1) is 0 Å². The van der Waals surface area contributed by atoms with Crippen LogP contribution < -0.4 is 4.72 Å². The molecular formula is C10H9N3O6S. The molecule has 0 heterocycles. The van der Waals surface area contributed by atoms with Crippen molar-refractivity contribution in [3.05, 3.63) is 33.9 Å². The van der Waals surface area contributed by atoms with Crippen LogP contribution in [0.5, 0.6) is 0 Å². The van der Waals surface area contributed by atoms with Crippen LogP contribution in [0, 0.1) is 21.4 Å². The number of hydrogen-bond donors (Lipinski definition) is 2. The largest absolute Gasteiger partial charge is 0.480 e. The minimum absolute atomic E-state index is 0.0223. The van der Waals surface area contributed by atoms with Crippen LogP contribution in [-0.4, -0.2) is 29.7 Å². The van der Waals surface area contributed by atoms with E-state index in [2.05, 4.69) is 0 Å². The summed E-state index contributed by atoms with van der Waals surface area (Å²) in [7, 11) is -4.33. The van der Waals surface area contributed by atoms with Gasteiger partial charge in [0.1, 0.15) is 5.69 Å². The van der Waals surface area contributed by atoms with Crippen LogP contribution in [0.2, 0.25) is 0 Å². The Morgan fingerprint density at radius 1 is 1.55 bits per heavy atom. The number of sulfonamides is 1. The lowest BCUT2D eigenvalue weighted by Gasteiger charge is -2.11. The predicted molar refractivity (Wildman–Crippen MR) is 67.5 cm³/mol. The molecule has 1 aromatic rings. The molecule has 0 bridgehead atoms. The second kappa shape index (κ2) is 5.54. The van der Waals surface area contributed by atoms with Gasteiger partial charge in [0, 0.05) is 6.07 Å². The zero-order valence-corrected chi connectivity index (χ0v) is 10.9. The second-order valence-corrected chi connectivity index (χ2v) is 5.73. The smallest absolute Gasteiger partial charge is 0.323 e. The van der Waals surface area contributed by atoms with Gasteiger partial charge < -0.3 is 5.11 Å². The third kappa shape index (κ3) is 3.21. The molecule has 0 aromatic heterocycles. The van der Waals surface area contributed by atoms with Crippen molar-refractivity contribution < 1.29 is 23.2 Å². The third-order valence-electron chi connectivity index (χ3n) is 2.39. The van der Waals surface area contributed by atoms with E-state index in [1.54, 1.807) is 6.07 Å². The minimum Gasteiger partial charge on any atom is -0.480 e. The number of carbonyl (C=O) groups is 1. The van der Waals surface area contributed by atoms with Crippen LogP contribution >= 0.6 is 0 Å². The third-order valence-corrected chi connectivity index (χ3v) is 4.03. The average molecular weight is 299 g/mol. The van der Waals surface area contributed by atoms with Crippen molar-refractivity contribution >= 4 is 27.4 Å². The lowest BCUT2D eigenvalue weighted by atomic mass is 10.2. The Bertz CT molecular complexity index is 706. The molecular weight excluding hydrogens is 290 g/mol. The Hall–Kier alpha value is -2.67. The maximum atomic E-state index is 11.7. The topological polar surface area (TPSA) is 150 Å². The molecule has 0 aliphatic rings. The van der Waals surface area contributed by atoms with E-state index in [0.29, 0.717) is 0 Å². The Morgan fingerprint density at radius 2 is 2.15 bits per heavy atom. The number of anilines is 1. The maximum Gasteiger partial charge on any atom is 0.323 e. The number of carboxylic acid groups (broad SMARTS) is 1. The Kier molecular flexibility index (Phi) is 4.26. The van der Waals surface area contributed by atoms with E-state index in [-0.39, 0.29) is 5.56 Å². The fourth-order valence-electron chi connectivity index (χ4n) is 1.21. The van der Waals surface area contributed by atoms with E-state index < -0.39 is 37.5 Å². The van der Waals surface area contributed by atoms with Gasteiger partial charge in [0.15, 0.2) is 5.25 Å². The van der Waals surface area contributed by atoms with Crippen LogP contribution in [0.3, 0.4) is 0 Å². The van der Waals surface area contributed by atoms with Crippen molar-refractivity contribution in [1.82, 2.24) is 0 Å². The zero-order valence-electron chi connectivity index (χ0n) is 10.1. The molecule has 0 aliphatic heterocycles. The van der Waals surface area contributed by atoms with Gasteiger partial charge in [0.25, 0.3) is 5.69 Å². The van der Waals surface area contributed by atoms with Crippen molar-refractivity contribution in [1.29, 1.82) is 5.26 Å². The molecule has 1 rings (SSSR count). The number of nitrogens with one attached hydrogen (secondary N) is 1. The van der Waals surface area contributed by atoms with Gasteiger partial charge in [-0.1, -0.05) is 0 Å². The number of nitrogens with zero attached hydrogens (tertiary/aromatic N) is 2. The highest BCUT2D eigenvalue weighted by molar-refractivity contribution is 7.94. The Morgan fingerprint density at radius 3 is 2.60 bits per heavy atom. The summed E-state index contributed by atoms with van der Waals surface area (Å²) in [6.07, 6.45) is 0. The number of hydrogen-bond acceptors (Lipinski definition) is 6. The molecule has 1 aromatic carbocycles. The second-order valence-electron chi connectivity index (χ2n) is 3.73. The molecule has 0 saturated carbocycles. The predicted octanol–water partition coefficient (Wildman–Crippen LogP) is 0.681. The maximum absolute atomic E-state index is 11.7. The van der Waals surface area contributed by atoms with Crippen molar-refractivity contribution in [2.24, 2.45) is 0 Å².